The number of aromatic hydroxyl groups is 2. The van der Waals surface area contributed by atoms with E-state index in [2.05, 4.69) is 0 Å². The maximum absolute atomic E-state index is 11.5. The van der Waals surface area contributed by atoms with Crippen molar-refractivity contribution < 1.29 is 38.7 Å². The number of phenolic OH excluding ortho intramolecular Hbond substituents is 2. The minimum absolute atomic E-state index is 0.139. The van der Waals surface area contributed by atoms with Crippen molar-refractivity contribution >= 4 is 11.9 Å². The summed E-state index contributed by atoms with van der Waals surface area (Å²) in [5, 5.41) is 22.0. The highest BCUT2D eigenvalue weighted by Gasteiger charge is 2.28. The maximum atomic E-state index is 11.5. The van der Waals surface area contributed by atoms with Crippen LogP contribution in [0.5, 0.6) is 23.0 Å². The molecule has 0 spiro atoms. The van der Waals surface area contributed by atoms with Crippen molar-refractivity contribution in [3.05, 3.63) is 46.5 Å². The fourth-order valence-electron chi connectivity index (χ4n) is 4.99. The molecule has 0 radical (unpaired) electrons. The van der Waals surface area contributed by atoms with E-state index in [9.17, 15) is 19.8 Å². The predicted molar refractivity (Wildman–Crippen MR) is 150 cm³/mol. The van der Waals surface area contributed by atoms with Crippen molar-refractivity contribution in [3.8, 4) is 23.0 Å². The second-order valence-electron chi connectivity index (χ2n) is 11.2. The Morgan fingerprint density at radius 2 is 1.03 bits per heavy atom. The van der Waals surface area contributed by atoms with E-state index in [-0.39, 0.29) is 23.4 Å². The number of hydrogen-bond donors (Lipinski definition) is 2. The minimum atomic E-state index is -0.402. The predicted octanol–water partition coefficient (Wildman–Crippen LogP) is 5.95. The highest BCUT2D eigenvalue weighted by Crippen LogP contribution is 2.43. The number of hydrogen-bond acceptors (Lipinski definition) is 8. The maximum Gasteiger partial charge on any atom is 0.305 e. The third-order valence-electron chi connectivity index (χ3n) is 7.46. The Morgan fingerprint density at radius 3 is 1.33 bits per heavy atom. The van der Waals surface area contributed by atoms with Crippen LogP contribution in [0.15, 0.2) is 24.3 Å². The molecule has 0 aliphatic heterocycles. The summed E-state index contributed by atoms with van der Waals surface area (Å²) in [6.07, 6.45) is 3.61. The molecule has 0 bridgehead atoms. The Hall–Kier alpha value is -3.42. The summed E-state index contributed by atoms with van der Waals surface area (Å²) in [6.45, 7) is 8.08. The molecule has 39 heavy (non-hydrogen) atoms. The van der Waals surface area contributed by atoms with Gasteiger partial charge in [-0.25, -0.2) is 0 Å². The summed E-state index contributed by atoms with van der Waals surface area (Å²) >= 11 is 0. The number of methoxy groups -OCH3 is 4. The Bertz CT molecular complexity index is 1060. The largest absolute Gasteiger partial charge is 0.508 e. The average Bonchev–Trinajstić information content (AvgIpc) is 2.88. The zero-order chi connectivity index (χ0) is 29.4. The average molecular weight is 545 g/mol. The van der Waals surface area contributed by atoms with Crippen LogP contribution in [0.2, 0.25) is 0 Å². The first-order chi connectivity index (χ1) is 18.3. The lowest BCUT2D eigenvalue weighted by molar-refractivity contribution is -0.141. The summed E-state index contributed by atoms with van der Waals surface area (Å²) < 4.78 is 20.9. The van der Waals surface area contributed by atoms with Crippen molar-refractivity contribution in [2.24, 2.45) is 0 Å². The quantitative estimate of drug-likeness (QED) is 0.281. The molecule has 0 amide bonds. The molecule has 216 valence electrons. The van der Waals surface area contributed by atoms with Gasteiger partial charge in [-0.1, -0.05) is 27.7 Å². The van der Waals surface area contributed by atoms with Gasteiger partial charge < -0.3 is 29.2 Å². The third-order valence-corrected chi connectivity index (χ3v) is 7.46. The fraction of sp³-hybridized carbons (Fsp3) is 0.548. The van der Waals surface area contributed by atoms with Gasteiger partial charge in [0.05, 0.1) is 28.4 Å². The van der Waals surface area contributed by atoms with Crippen molar-refractivity contribution in [2.75, 3.05) is 28.4 Å². The standard InChI is InChI=1S/C31H44O8/c1-30(2,13-9-11-28(34)38-7)22-18-26(36-5)20(16-24(22)32)15-21-17-25(33)23(19-27(21)37-6)31(3,4)14-10-12-29(35)39-8/h16-19,32-33H,9-15H2,1-8H3. The highest BCUT2D eigenvalue weighted by atomic mass is 16.5. The number of rotatable bonds is 14. The zero-order valence-electron chi connectivity index (χ0n) is 24.6. The van der Waals surface area contributed by atoms with Gasteiger partial charge in [0.2, 0.25) is 0 Å². The molecule has 0 fully saturated rings. The van der Waals surface area contributed by atoms with E-state index in [0.29, 0.717) is 56.4 Å². The molecule has 0 unspecified atom stereocenters. The molecule has 0 atom stereocenters. The van der Waals surface area contributed by atoms with Crippen molar-refractivity contribution in [3.63, 3.8) is 0 Å². The third kappa shape index (κ3) is 8.28. The van der Waals surface area contributed by atoms with Gasteiger partial charge in [0.25, 0.3) is 0 Å². The van der Waals surface area contributed by atoms with Gasteiger partial charge in [-0.2, -0.15) is 0 Å². The van der Waals surface area contributed by atoms with E-state index >= 15 is 0 Å². The highest BCUT2D eigenvalue weighted by molar-refractivity contribution is 5.69. The van der Waals surface area contributed by atoms with Crippen LogP contribution >= 0.6 is 0 Å². The molecule has 2 aromatic rings. The van der Waals surface area contributed by atoms with Crippen LogP contribution in [-0.2, 0) is 36.3 Å². The van der Waals surface area contributed by atoms with Gasteiger partial charge >= 0.3 is 11.9 Å². The van der Waals surface area contributed by atoms with E-state index in [0.717, 1.165) is 22.3 Å². The summed E-state index contributed by atoms with van der Waals surface area (Å²) in [5.41, 5.74) is 2.14. The molecule has 0 aromatic heterocycles. The minimum Gasteiger partial charge on any atom is -0.508 e. The first kappa shape index (κ1) is 31.8. The number of carbonyl (C=O) groups excluding carboxylic acids is 2. The molecule has 8 heteroatoms. The van der Waals surface area contributed by atoms with Gasteiger partial charge in [-0.15, -0.1) is 0 Å². The molecule has 0 saturated heterocycles. The molecule has 2 N–H and O–H groups in total. The summed E-state index contributed by atoms with van der Waals surface area (Å²) in [6, 6.07) is 7.07. The van der Waals surface area contributed by atoms with E-state index in [4.69, 9.17) is 18.9 Å². The summed E-state index contributed by atoms with van der Waals surface area (Å²) in [4.78, 5) is 23.0. The van der Waals surface area contributed by atoms with Crippen LogP contribution in [0.3, 0.4) is 0 Å². The lowest BCUT2D eigenvalue weighted by Crippen LogP contribution is -2.19. The van der Waals surface area contributed by atoms with Crippen LogP contribution in [0, 0.1) is 0 Å². The smallest absolute Gasteiger partial charge is 0.305 e. The van der Waals surface area contributed by atoms with E-state index in [1.807, 2.05) is 39.8 Å². The van der Waals surface area contributed by atoms with E-state index in [1.165, 1.54) is 14.2 Å². The van der Waals surface area contributed by atoms with E-state index in [1.54, 1.807) is 26.4 Å². The Kier molecular flexibility index (Phi) is 11.1. The number of benzene rings is 2. The second-order valence-corrected chi connectivity index (χ2v) is 11.2. The monoisotopic (exact) mass is 544 g/mol. The van der Waals surface area contributed by atoms with Crippen molar-refractivity contribution in [2.45, 2.75) is 83.5 Å². The summed E-state index contributed by atoms with van der Waals surface area (Å²) in [5.74, 6) is 0.988. The Labute approximate surface area is 232 Å². The van der Waals surface area contributed by atoms with Gasteiger partial charge in [-0.05, 0) is 60.8 Å². The van der Waals surface area contributed by atoms with Gasteiger partial charge in [0.1, 0.15) is 23.0 Å². The van der Waals surface area contributed by atoms with Gasteiger partial charge in [0, 0.05) is 41.5 Å². The van der Waals surface area contributed by atoms with Crippen LogP contribution in [-0.4, -0.2) is 50.6 Å². The number of carbonyl (C=O) groups is 2. The summed E-state index contributed by atoms with van der Waals surface area (Å²) in [7, 11) is 5.91. The SMILES string of the molecule is COC(=O)CCCC(C)(C)c1cc(OC)c(Cc2cc(O)c(C(C)(C)CCCC(=O)OC)cc2OC)cc1O. The molecule has 8 nitrogen and oxygen atoms in total. The van der Waals surface area contributed by atoms with Crippen LogP contribution in [0.4, 0.5) is 0 Å². The lowest BCUT2D eigenvalue weighted by Gasteiger charge is -2.28. The molecule has 0 aliphatic rings. The van der Waals surface area contributed by atoms with Crippen molar-refractivity contribution in [1.82, 2.24) is 0 Å². The molecule has 0 aliphatic carbocycles. The van der Waals surface area contributed by atoms with Gasteiger partial charge in [0.15, 0.2) is 0 Å². The fourth-order valence-corrected chi connectivity index (χ4v) is 4.99. The molecule has 2 aromatic carbocycles. The first-order valence-electron chi connectivity index (χ1n) is 13.2. The van der Waals surface area contributed by atoms with Gasteiger partial charge in [-0.3, -0.25) is 9.59 Å². The topological polar surface area (TPSA) is 112 Å². The number of phenols is 2. The first-order valence-corrected chi connectivity index (χ1v) is 13.2. The van der Waals surface area contributed by atoms with Crippen molar-refractivity contribution in [1.29, 1.82) is 0 Å². The number of ether oxygens (including phenoxy) is 4. The lowest BCUT2D eigenvalue weighted by atomic mass is 9.78. The number of esters is 2. The normalized spacial score (nSPS) is 11.7. The van der Waals surface area contributed by atoms with E-state index < -0.39 is 10.8 Å². The van der Waals surface area contributed by atoms with Crippen LogP contribution < -0.4 is 9.47 Å². The Morgan fingerprint density at radius 1 is 0.667 bits per heavy atom. The molecule has 0 saturated carbocycles. The Balaban J connectivity index is 2.34. The zero-order valence-corrected chi connectivity index (χ0v) is 24.6. The van der Waals surface area contributed by atoms with Crippen LogP contribution in [0.1, 0.15) is 88.5 Å². The molecular weight excluding hydrogens is 500 g/mol. The second kappa shape index (κ2) is 13.6. The molecule has 2 rings (SSSR count). The van der Waals surface area contributed by atoms with Crippen LogP contribution in [0.25, 0.3) is 0 Å². The molecular formula is C31H44O8. The molecule has 0 heterocycles.